The highest BCUT2D eigenvalue weighted by Gasteiger charge is 2.17. The lowest BCUT2D eigenvalue weighted by Gasteiger charge is -2.09. The molecular formula is C13H9Cl2NO4. The minimum atomic E-state index is -0.588. The number of hydrogen-bond acceptors (Lipinski definition) is 4. The highest BCUT2D eigenvalue weighted by molar-refractivity contribution is 6.31. The Morgan fingerprint density at radius 2 is 1.95 bits per heavy atom. The molecule has 0 aliphatic heterocycles. The van der Waals surface area contributed by atoms with Gasteiger partial charge in [-0.05, 0) is 41.9 Å². The quantitative estimate of drug-likeness (QED) is 0.879. The van der Waals surface area contributed by atoms with E-state index in [4.69, 9.17) is 27.6 Å². The predicted molar refractivity (Wildman–Crippen MR) is 74.5 cm³/mol. The maximum absolute atomic E-state index is 11.9. The summed E-state index contributed by atoms with van der Waals surface area (Å²) in [5.74, 6) is -1.12. The first-order chi connectivity index (χ1) is 9.51. The Labute approximate surface area is 124 Å². The van der Waals surface area contributed by atoms with Crippen LogP contribution in [-0.4, -0.2) is 19.0 Å². The largest absolute Gasteiger partial charge is 0.465 e. The van der Waals surface area contributed by atoms with Crippen molar-refractivity contribution in [2.75, 3.05) is 12.4 Å². The molecule has 1 N–H and O–H groups in total. The maximum atomic E-state index is 11.9. The van der Waals surface area contributed by atoms with Crippen LogP contribution in [0.1, 0.15) is 20.9 Å². The average Bonchev–Trinajstić information content (AvgIpc) is 2.85. The molecule has 1 amide bonds. The second-order valence-electron chi connectivity index (χ2n) is 3.74. The van der Waals surface area contributed by atoms with Crippen LogP contribution in [0.2, 0.25) is 10.2 Å². The molecule has 0 aliphatic rings. The number of amides is 1. The van der Waals surface area contributed by atoms with Crippen LogP contribution in [0, 0.1) is 0 Å². The van der Waals surface area contributed by atoms with Crippen LogP contribution in [0.5, 0.6) is 0 Å². The standard InChI is InChI=1S/C13H9Cl2NO4/c1-19-13(18)8-3-2-7(14)6-9(8)16-12(17)10-4-5-11(15)20-10/h2-6H,1H3,(H,16,17). The van der Waals surface area contributed by atoms with Gasteiger partial charge in [0, 0.05) is 5.02 Å². The van der Waals surface area contributed by atoms with Crippen LogP contribution in [0.25, 0.3) is 0 Å². The molecule has 1 aromatic heterocycles. The minimum absolute atomic E-state index is 0.0193. The number of furan rings is 1. The Bertz CT molecular complexity index is 666. The van der Waals surface area contributed by atoms with E-state index in [2.05, 4.69) is 10.1 Å². The molecule has 0 radical (unpaired) electrons. The van der Waals surface area contributed by atoms with E-state index in [-0.39, 0.29) is 22.2 Å². The SMILES string of the molecule is COC(=O)c1ccc(Cl)cc1NC(=O)c1ccc(Cl)o1. The van der Waals surface area contributed by atoms with Gasteiger partial charge >= 0.3 is 5.97 Å². The topological polar surface area (TPSA) is 68.5 Å². The molecule has 0 saturated heterocycles. The fourth-order valence-corrected chi connectivity index (χ4v) is 1.85. The molecule has 1 aromatic carbocycles. The second kappa shape index (κ2) is 5.98. The average molecular weight is 314 g/mol. The fraction of sp³-hybridized carbons (Fsp3) is 0.0769. The number of hydrogen-bond donors (Lipinski definition) is 1. The molecule has 0 saturated carbocycles. The van der Waals surface area contributed by atoms with Crippen LogP contribution in [0.15, 0.2) is 34.7 Å². The van der Waals surface area contributed by atoms with Gasteiger partial charge in [0.2, 0.25) is 0 Å². The van der Waals surface area contributed by atoms with E-state index in [1.807, 2.05) is 0 Å². The Balaban J connectivity index is 2.30. The van der Waals surface area contributed by atoms with Gasteiger partial charge in [0.15, 0.2) is 11.0 Å². The van der Waals surface area contributed by atoms with Gasteiger partial charge in [0.25, 0.3) is 5.91 Å². The van der Waals surface area contributed by atoms with Crippen LogP contribution in [0.4, 0.5) is 5.69 Å². The Morgan fingerprint density at radius 3 is 2.55 bits per heavy atom. The predicted octanol–water partition coefficient (Wildman–Crippen LogP) is 3.63. The summed E-state index contributed by atoms with van der Waals surface area (Å²) in [5, 5.41) is 2.98. The zero-order valence-electron chi connectivity index (χ0n) is 10.3. The molecule has 0 atom stereocenters. The number of nitrogens with one attached hydrogen (secondary N) is 1. The fourth-order valence-electron chi connectivity index (χ4n) is 1.53. The van der Waals surface area contributed by atoms with Gasteiger partial charge in [0.05, 0.1) is 18.4 Å². The molecule has 1 heterocycles. The number of carbonyl (C=O) groups is 2. The third kappa shape index (κ3) is 3.12. The monoisotopic (exact) mass is 313 g/mol. The zero-order valence-corrected chi connectivity index (χ0v) is 11.8. The summed E-state index contributed by atoms with van der Waals surface area (Å²) in [6.45, 7) is 0. The minimum Gasteiger partial charge on any atom is -0.465 e. The van der Waals surface area contributed by atoms with Gasteiger partial charge in [-0.25, -0.2) is 4.79 Å². The lowest BCUT2D eigenvalue weighted by atomic mass is 10.1. The van der Waals surface area contributed by atoms with Crippen molar-refractivity contribution in [1.82, 2.24) is 0 Å². The molecule has 2 aromatic rings. The van der Waals surface area contributed by atoms with Crippen molar-refractivity contribution in [3.63, 3.8) is 0 Å². The van der Waals surface area contributed by atoms with E-state index in [0.29, 0.717) is 5.02 Å². The first kappa shape index (κ1) is 14.4. The van der Waals surface area contributed by atoms with Crippen molar-refractivity contribution in [2.45, 2.75) is 0 Å². The third-order valence-electron chi connectivity index (χ3n) is 2.43. The first-order valence-electron chi connectivity index (χ1n) is 5.46. The summed E-state index contributed by atoms with van der Waals surface area (Å²) >= 11 is 11.4. The number of ether oxygens (including phenoxy) is 1. The van der Waals surface area contributed by atoms with E-state index in [1.54, 1.807) is 0 Å². The van der Waals surface area contributed by atoms with Gasteiger partial charge in [0.1, 0.15) is 0 Å². The number of methoxy groups -OCH3 is 1. The first-order valence-corrected chi connectivity index (χ1v) is 6.21. The van der Waals surface area contributed by atoms with Crippen LogP contribution in [-0.2, 0) is 4.74 Å². The summed E-state index contributed by atoms with van der Waals surface area (Å²) in [4.78, 5) is 23.5. The van der Waals surface area contributed by atoms with E-state index in [0.717, 1.165) is 0 Å². The van der Waals surface area contributed by atoms with Crippen LogP contribution in [0.3, 0.4) is 0 Å². The van der Waals surface area contributed by atoms with E-state index < -0.39 is 11.9 Å². The molecule has 7 heteroatoms. The number of anilines is 1. The molecule has 0 spiro atoms. The van der Waals surface area contributed by atoms with Crippen molar-refractivity contribution >= 4 is 40.8 Å². The van der Waals surface area contributed by atoms with Gasteiger partial charge < -0.3 is 14.5 Å². The van der Waals surface area contributed by atoms with Gasteiger partial charge in [-0.2, -0.15) is 0 Å². The maximum Gasteiger partial charge on any atom is 0.339 e. The summed E-state index contributed by atoms with van der Waals surface area (Å²) in [5.41, 5.74) is 0.407. The molecule has 0 fully saturated rings. The summed E-state index contributed by atoms with van der Waals surface area (Å²) in [6, 6.07) is 7.28. The summed E-state index contributed by atoms with van der Waals surface area (Å²) in [7, 11) is 1.24. The van der Waals surface area contributed by atoms with Gasteiger partial charge in [-0.1, -0.05) is 11.6 Å². The second-order valence-corrected chi connectivity index (χ2v) is 4.55. The number of rotatable bonds is 3. The normalized spacial score (nSPS) is 10.2. The molecular weight excluding hydrogens is 305 g/mol. The highest BCUT2D eigenvalue weighted by atomic mass is 35.5. The van der Waals surface area contributed by atoms with Gasteiger partial charge in [-0.3, -0.25) is 4.79 Å². The summed E-state index contributed by atoms with van der Waals surface area (Å²) in [6.07, 6.45) is 0. The Kier molecular flexibility index (Phi) is 4.32. The van der Waals surface area contributed by atoms with E-state index in [9.17, 15) is 9.59 Å². The van der Waals surface area contributed by atoms with Crippen LogP contribution < -0.4 is 5.32 Å². The molecule has 5 nitrogen and oxygen atoms in total. The molecule has 104 valence electrons. The lowest BCUT2D eigenvalue weighted by molar-refractivity contribution is 0.0602. The number of halogens is 2. The number of benzene rings is 1. The third-order valence-corrected chi connectivity index (χ3v) is 2.87. The highest BCUT2D eigenvalue weighted by Crippen LogP contribution is 2.23. The van der Waals surface area contributed by atoms with Crippen LogP contribution >= 0.6 is 23.2 Å². The molecule has 0 aliphatic carbocycles. The van der Waals surface area contributed by atoms with Crippen molar-refractivity contribution < 1.29 is 18.7 Å². The number of carbonyl (C=O) groups excluding carboxylic acids is 2. The van der Waals surface area contributed by atoms with Crippen molar-refractivity contribution in [2.24, 2.45) is 0 Å². The number of esters is 1. The van der Waals surface area contributed by atoms with Crippen molar-refractivity contribution in [1.29, 1.82) is 0 Å². The molecule has 0 bridgehead atoms. The molecule has 2 rings (SSSR count). The Morgan fingerprint density at radius 1 is 1.20 bits per heavy atom. The zero-order chi connectivity index (χ0) is 14.7. The van der Waals surface area contributed by atoms with Gasteiger partial charge in [-0.15, -0.1) is 0 Å². The Hall–Kier alpha value is -1.98. The van der Waals surface area contributed by atoms with Crippen molar-refractivity contribution in [3.05, 3.63) is 51.9 Å². The molecule has 20 heavy (non-hydrogen) atoms. The van der Waals surface area contributed by atoms with E-state index in [1.165, 1.54) is 37.4 Å². The van der Waals surface area contributed by atoms with E-state index >= 15 is 0 Å². The smallest absolute Gasteiger partial charge is 0.339 e. The summed E-state index contributed by atoms with van der Waals surface area (Å²) < 4.78 is 9.61. The lowest BCUT2D eigenvalue weighted by Crippen LogP contribution is -2.14. The molecule has 0 unspecified atom stereocenters. The van der Waals surface area contributed by atoms with Crippen molar-refractivity contribution in [3.8, 4) is 0 Å².